The first-order chi connectivity index (χ1) is 8.96. The maximum atomic E-state index is 4.54. The summed E-state index contributed by atoms with van der Waals surface area (Å²) in [5.74, 6) is 0.534. The molecule has 1 N–H and O–H groups in total. The highest BCUT2D eigenvalue weighted by Gasteiger charge is 2.11. The van der Waals surface area contributed by atoms with Gasteiger partial charge in [-0.15, -0.1) is 0 Å². The Morgan fingerprint density at radius 3 is 2.68 bits per heavy atom. The molecule has 0 spiro atoms. The second-order valence-electron chi connectivity index (χ2n) is 6.33. The summed E-state index contributed by atoms with van der Waals surface area (Å²) >= 11 is 0. The van der Waals surface area contributed by atoms with Crippen molar-refractivity contribution in [3.63, 3.8) is 0 Å². The van der Waals surface area contributed by atoms with Crippen molar-refractivity contribution in [1.29, 1.82) is 0 Å². The number of fused-ring (bicyclic) bond motifs is 1. The van der Waals surface area contributed by atoms with E-state index in [1.54, 1.807) is 0 Å². The molecule has 19 heavy (non-hydrogen) atoms. The van der Waals surface area contributed by atoms with Crippen LogP contribution in [0, 0.1) is 0 Å². The molecule has 2 aromatic rings. The summed E-state index contributed by atoms with van der Waals surface area (Å²) in [6, 6.07) is 10.6. The van der Waals surface area contributed by atoms with Gasteiger partial charge in [-0.25, -0.2) is 0 Å². The van der Waals surface area contributed by atoms with Crippen LogP contribution in [0.4, 0.5) is 0 Å². The van der Waals surface area contributed by atoms with Crippen LogP contribution in [0.1, 0.15) is 45.6 Å². The summed E-state index contributed by atoms with van der Waals surface area (Å²) in [6.45, 7) is 9.92. The van der Waals surface area contributed by atoms with Crippen molar-refractivity contribution in [1.82, 2.24) is 10.3 Å². The number of nitrogens with one attached hydrogen (secondary N) is 1. The highest BCUT2D eigenvalue weighted by atomic mass is 14.9. The lowest BCUT2D eigenvalue weighted by atomic mass is 9.97. The van der Waals surface area contributed by atoms with E-state index in [1.165, 1.54) is 10.9 Å². The molecule has 2 heteroatoms. The van der Waals surface area contributed by atoms with Crippen LogP contribution in [0.3, 0.4) is 0 Å². The Labute approximate surface area is 116 Å². The molecule has 0 saturated heterocycles. The van der Waals surface area contributed by atoms with Crippen molar-refractivity contribution in [3.8, 4) is 0 Å². The fraction of sp³-hybridized carbons (Fsp3) is 0.471. The van der Waals surface area contributed by atoms with E-state index < -0.39 is 0 Å². The summed E-state index contributed by atoms with van der Waals surface area (Å²) in [7, 11) is 0. The molecule has 0 bridgehead atoms. The van der Waals surface area contributed by atoms with Gasteiger partial charge in [0.15, 0.2) is 0 Å². The van der Waals surface area contributed by atoms with Crippen molar-refractivity contribution in [2.45, 2.75) is 45.6 Å². The molecule has 2 nitrogen and oxygen atoms in total. The van der Waals surface area contributed by atoms with Crippen LogP contribution >= 0.6 is 0 Å². The van der Waals surface area contributed by atoms with E-state index in [0.717, 1.165) is 18.5 Å². The van der Waals surface area contributed by atoms with Gasteiger partial charge in [-0.1, -0.05) is 25.1 Å². The van der Waals surface area contributed by atoms with Gasteiger partial charge in [-0.05, 0) is 57.4 Å². The van der Waals surface area contributed by atoms with Crippen LogP contribution in [0.25, 0.3) is 10.9 Å². The minimum absolute atomic E-state index is 0.196. The average Bonchev–Trinajstić information content (AvgIpc) is 2.36. The first-order valence-electron chi connectivity index (χ1n) is 7.05. The number of hydrogen-bond donors (Lipinski definition) is 1. The molecule has 0 radical (unpaired) electrons. The van der Waals surface area contributed by atoms with Crippen molar-refractivity contribution in [3.05, 3.63) is 42.1 Å². The number of benzene rings is 1. The van der Waals surface area contributed by atoms with Gasteiger partial charge in [0.05, 0.1) is 5.52 Å². The normalized spacial score (nSPS) is 13.7. The van der Waals surface area contributed by atoms with Crippen molar-refractivity contribution in [2.75, 3.05) is 6.54 Å². The molecule has 102 valence electrons. The fourth-order valence-electron chi connectivity index (χ4n) is 2.19. The van der Waals surface area contributed by atoms with E-state index in [0.29, 0.717) is 5.92 Å². The van der Waals surface area contributed by atoms with Gasteiger partial charge >= 0.3 is 0 Å². The standard InChI is InChI=1S/C17H24N2/c1-13(9-10-19-17(2,3)4)15-11-14-7-5-6-8-16(14)18-12-15/h5-8,11-13,19H,9-10H2,1-4H3. The Balaban J connectivity index is 2.03. The zero-order valence-corrected chi connectivity index (χ0v) is 12.4. The van der Waals surface area contributed by atoms with Crippen molar-refractivity contribution < 1.29 is 0 Å². The predicted molar refractivity (Wildman–Crippen MR) is 82.5 cm³/mol. The molecule has 0 aliphatic carbocycles. The van der Waals surface area contributed by atoms with Gasteiger partial charge in [0.1, 0.15) is 0 Å². The molecule has 1 aromatic carbocycles. The Morgan fingerprint density at radius 1 is 1.21 bits per heavy atom. The molecule has 0 amide bonds. The maximum Gasteiger partial charge on any atom is 0.0702 e. The molecule has 1 aromatic heterocycles. The highest BCUT2D eigenvalue weighted by Crippen LogP contribution is 2.21. The molecule has 1 heterocycles. The van der Waals surface area contributed by atoms with E-state index in [-0.39, 0.29) is 5.54 Å². The van der Waals surface area contributed by atoms with Gasteiger partial charge in [-0.3, -0.25) is 4.98 Å². The maximum absolute atomic E-state index is 4.54. The third-order valence-electron chi connectivity index (χ3n) is 3.41. The number of para-hydroxylation sites is 1. The van der Waals surface area contributed by atoms with Crippen LogP contribution < -0.4 is 5.32 Å². The molecule has 0 fully saturated rings. The Hall–Kier alpha value is -1.41. The number of rotatable bonds is 4. The fourth-order valence-corrected chi connectivity index (χ4v) is 2.19. The van der Waals surface area contributed by atoms with Crippen LogP contribution in [0.15, 0.2) is 36.5 Å². The van der Waals surface area contributed by atoms with Crippen LogP contribution in [-0.4, -0.2) is 17.1 Å². The quantitative estimate of drug-likeness (QED) is 0.890. The minimum atomic E-state index is 0.196. The van der Waals surface area contributed by atoms with E-state index >= 15 is 0 Å². The number of pyridine rings is 1. The third kappa shape index (κ3) is 4.03. The zero-order chi connectivity index (χ0) is 13.9. The van der Waals surface area contributed by atoms with E-state index in [2.05, 4.69) is 62.3 Å². The first kappa shape index (κ1) is 14.0. The second kappa shape index (κ2) is 5.70. The van der Waals surface area contributed by atoms with Crippen LogP contribution in [-0.2, 0) is 0 Å². The predicted octanol–water partition coefficient (Wildman–Crippen LogP) is 4.12. The topological polar surface area (TPSA) is 24.9 Å². The summed E-state index contributed by atoms with van der Waals surface area (Å²) in [6.07, 6.45) is 3.15. The van der Waals surface area contributed by atoms with Gasteiger partial charge in [0.2, 0.25) is 0 Å². The summed E-state index contributed by atoms with van der Waals surface area (Å²) in [4.78, 5) is 4.54. The first-order valence-corrected chi connectivity index (χ1v) is 7.05. The monoisotopic (exact) mass is 256 g/mol. The molecule has 0 aliphatic heterocycles. The lowest BCUT2D eigenvalue weighted by molar-refractivity contribution is 0.413. The SMILES string of the molecule is CC(CCNC(C)(C)C)c1cnc2ccccc2c1. The van der Waals surface area contributed by atoms with Crippen molar-refractivity contribution in [2.24, 2.45) is 0 Å². The summed E-state index contributed by atoms with van der Waals surface area (Å²) in [5, 5.41) is 4.77. The molecule has 1 atom stereocenters. The Bertz CT molecular complexity index is 540. The third-order valence-corrected chi connectivity index (χ3v) is 3.41. The van der Waals surface area contributed by atoms with Gasteiger partial charge in [0, 0.05) is 17.1 Å². The summed E-state index contributed by atoms with van der Waals surface area (Å²) < 4.78 is 0. The average molecular weight is 256 g/mol. The highest BCUT2D eigenvalue weighted by molar-refractivity contribution is 5.78. The Morgan fingerprint density at radius 2 is 1.95 bits per heavy atom. The lowest BCUT2D eigenvalue weighted by Gasteiger charge is -2.22. The minimum Gasteiger partial charge on any atom is -0.312 e. The smallest absolute Gasteiger partial charge is 0.0702 e. The molecular weight excluding hydrogens is 232 g/mol. The molecular formula is C17H24N2. The largest absolute Gasteiger partial charge is 0.312 e. The van der Waals surface area contributed by atoms with E-state index in [9.17, 15) is 0 Å². The van der Waals surface area contributed by atoms with Gasteiger partial charge in [-0.2, -0.15) is 0 Å². The molecule has 2 rings (SSSR count). The Kier molecular flexibility index (Phi) is 4.20. The molecule has 1 unspecified atom stereocenters. The lowest BCUT2D eigenvalue weighted by Crippen LogP contribution is -2.36. The van der Waals surface area contributed by atoms with Gasteiger partial charge in [0.25, 0.3) is 0 Å². The van der Waals surface area contributed by atoms with Gasteiger partial charge < -0.3 is 5.32 Å². The van der Waals surface area contributed by atoms with Crippen LogP contribution in [0.2, 0.25) is 0 Å². The number of aromatic nitrogens is 1. The number of hydrogen-bond acceptors (Lipinski definition) is 2. The van der Waals surface area contributed by atoms with Crippen molar-refractivity contribution >= 4 is 10.9 Å². The van der Waals surface area contributed by atoms with E-state index in [4.69, 9.17) is 0 Å². The molecule has 0 aliphatic rings. The van der Waals surface area contributed by atoms with E-state index in [1.807, 2.05) is 12.3 Å². The number of nitrogens with zero attached hydrogens (tertiary/aromatic N) is 1. The zero-order valence-electron chi connectivity index (χ0n) is 12.4. The van der Waals surface area contributed by atoms with Crippen LogP contribution in [0.5, 0.6) is 0 Å². The molecule has 0 saturated carbocycles. The summed E-state index contributed by atoms with van der Waals surface area (Å²) in [5.41, 5.74) is 2.60. The second-order valence-corrected chi connectivity index (χ2v) is 6.33.